The predicted molar refractivity (Wildman–Crippen MR) is 70.2 cm³/mol. The number of piperidine rings is 1. The molecular formula is C13H19N3O3. The Morgan fingerprint density at radius 1 is 1.37 bits per heavy atom. The fourth-order valence-electron chi connectivity index (χ4n) is 2.18. The van der Waals surface area contributed by atoms with Gasteiger partial charge in [0.1, 0.15) is 5.82 Å². The van der Waals surface area contributed by atoms with E-state index in [1.807, 2.05) is 6.92 Å². The Morgan fingerprint density at radius 3 is 2.63 bits per heavy atom. The van der Waals surface area contributed by atoms with Gasteiger partial charge in [0.2, 0.25) is 0 Å². The van der Waals surface area contributed by atoms with Gasteiger partial charge < -0.3 is 14.4 Å². The van der Waals surface area contributed by atoms with E-state index in [9.17, 15) is 4.79 Å². The molecule has 1 fully saturated rings. The lowest BCUT2D eigenvalue weighted by atomic mass is 10.1. The van der Waals surface area contributed by atoms with E-state index in [-0.39, 0.29) is 5.69 Å². The van der Waals surface area contributed by atoms with Crippen LogP contribution in [0.15, 0.2) is 12.4 Å². The molecular weight excluding hydrogens is 246 g/mol. The number of esters is 1. The summed E-state index contributed by atoms with van der Waals surface area (Å²) in [5.41, 5.74) is 0.232. The second kappa shape index (κ2) is 6.47. The highest BCUT2D eigenvalue weighted by molar-refractivity contribution is 5.86. The molecule has 0 radical (unpaired) electrons. The van der Waals surface area contributed by atoms with Crippen molar-refractivity contribution in [1.82, 2.24) is 9.97 Å². The number of anilines is 1. The summed E-state index contributed by atoms with van der Waals surface area (Å²) in [5.74, 6) is 0.330. The van der Waals surface area contributed by atoms with Crippen LogP contribution in [0, 0.1) is 0 Å². The molecule has 6 heteroatoms. The molecule has 2 heterocycles. The van der Waals surface area contributed by atoms with E-state index in [4.69, 9.17) is 4.74 Å². The molecule has 0 atom stereocenters. The highest BCUT2D eigenvalue weighted by Gasteiger charge is 2.20. The molecule has 1 aromatic heterocycles. The third kappa shape index (κ3) is 3.41. The second-order valence-electron chi connectivity index (χ2n) is 4.39. The quantitative estimate of drug-likeness (QED) is 0.764. The summed E-state index contributed by atoms with van der Waals surface area (Å²) in [6.45, 7) is 4.58. The maximum absolute atomic E-state index is 11.3. The molecule has 0 amide bonds. The number of aromatic nitrogens is 2. The maximum atomic E-state index is 11.3. The fourth-order valence-corrected chi connectivity index (χ4v) is 2.18. The van der Waals surface area contributed by atoms with Crippen LogP contribution in [0.3, 0.4) is 0 Å². The minimum absolute atomic E-state index is 0.232. The average Bonchev–Trinajstić information content (AvgIpc) is 2.48. The molecule has 1 aliphatic heterocycles. The Labute approximate surface area is 112 Å². The van der Waals surface area contributed by atoms with Gasteiger partial charge in [0, 0.05) is 19.7 Å². The number of nitrogens with zero attached hydrogens (tertiary/aromatic N) is 3. The monoisotopic (exact) mass is 265 g/mol. The van der Waals surface area contributed by atoms with Crippen LogP contribution >= 0.6 is 0 Å². The van der Waals surface area contributed by atoms with Crippen molar-refractivity contribution in [3.05, 3.63) is 18.1 Å². The van der Waals surface area contributed by atoms with Crippen molar-refractivity contribution in [2.45, 2.75) is 25.9 Å². The molecule has 0 N–H and O–H groups in total. The minimum atomic E-state index is -0.464. The summed E-state index contributed by atoms with van der Waals surface area (Å²) in [7, 11) is 1.33. The summed E-state index contributed by atoms with van der Waals surface area (Å²) in [5, 5.41) is 0. The Hall–Kier alpha value is -1.69. The van der Waals surface area contributed by atoms with Crippen molar-refractivity contribution in [2.24, 2.45) is 0 Å². The second-order valence-corrected chi connectivity index (χ2v) is 4.39. The molecule has 1 aliphatic rings. The normalized spacial score (nSPS) is 16.4. The van der Waals surface area contributed by atoms with Crippen molar-refractivity contribution >= 4 is 11.8 Å². The van der Waals surface area contributed by atoms with E-state index in [1.54, 1.807) is 6.20 Å². The smallest absolute Gasteiger partial charge is 0.358 e. The molecule has 0 saturated carbocycles. The molecule has 19 heavy (non-hydrogen) atoms. The van der Waals surface area contributed by atoms with Crippen LogP contribution in [0.25, 0.3) is 0 Å². The van der Waals surface area contributed by atoms with Gasteiger partial charge in [-0.2, -0.15) is 0 Å². The van der Waals surface area contributed by atoms with Crippen molar-refractivity contribution in [2.75, 3.05) is 31.7 Å². The molecule has 0 bridgehead atoms. The first kappa shape index (κ1) is 13.7. The van der Waals surface area contributed by atoms with Gasteiger partial charge in [-0.25, -0.2) is 14.8 Å². The highest BCUT2D eigenvalue weighted by atomic mass is 16.5. The molecule has 104 valence electrons. The number of ether oxygens (including phenoxy) is 2. The molecule has 0 spiro atoms. The Kier molecular flexibility index (Phi) is 4.68. The van der Waals surface area contributed by atoms with E-state index >= 15 is 0 Å². The van der Waals surface area contributed by atoms with Gasteiger partial charge in [-0.3, -0.25) is 0 Å². The molecule has 0 aromatic carbocycles. The zero-order valence-corrected chi connectivity index (χ0v) is 11.3. The first-order valence-corrected chi connectivity index (χ1v) is 6.51. The van der Waals surface area contributed by atoms with E-state index in [0.717, 1.165) is 38.4 Å². The van der Waals surface area contributed by atoms with Crippen LogP contribution in [-0.4, -0.2) is 48.8 Å². The van der Waals surface area contributed by atoms with E-state index in [1.165, 1.54) is 13.3 Å². The van der Waals surface area contributed by atoms with Gasteiger partial charge in [-0.15, -0.1) is 0 Å². The molecule has 1 saturated heterocycles. The third-order valence-corrected chi connectivity index (χ3v) is 3.20. The minimum Gasteiger partial charge on any atom is -0.464 e. The largest absolute Gasteiger partial charge is 0.464 e. The van der Waals surface area contributed by atoms with Crippen molar-refractivity contribution in [3.63, 3.8) is 0 Å². The zero-order chi connectivity index (χ0) is 13.7. The number of carbonyl (C=O) groups excluding carboxylic acids is 1. The SMILES string of the molecule is CCOC1CCN(c2cnc(C(=O)OC)cn2)CC1. The molecule has 0 aliphatic carbocycles. The molecule has 6 nitrogen and oxygen atoms in total. The van der Waals surface area contributed by atoms with E-state index < -0.39 is 5.97 Å². The van der Waals surface area contributed by atoms with E-state index in [2.05, 4.69) is 19.6 Å². The van der Waals surface area contributed by atoms with Crippen molar-refractivity contribution < 1.29 is 14.3 Å². The standard InChI is InChI=1S/C13H19N3O3/c1-3-19-10-4-6-16(7-5-10)12-9-14-11(8-15-12)13(17)18-2/h8-10H,3-7H2,1-2H3. The number of rotatable bonds is 4. The number of methoxy groups -OCH3 is 1. The number of carbonyl (C=O) groups is 1. The van der Waals surface area contributed by atoms with Crippen LogP contribution in [0.1, 0.15) is 30.3 Å². The van der Waals surface area contributed by atoms with Gasteiger partial charge in [0.25, 0.3) is 0 Å². The van der Waals surface area contributed by atoms with Gasteiger partial charge >= 0.3 is 5.97 Å². The van der Waals surface area contributed by atoms with Crippen molar-refractivity contribution in [1.29, 1.82) is 0 Å². The molecule has 0 unspecified atom stereocenters. The molecule has 2 rings (SSSR count). The summed E-state index contributed by atoms with van der Waals surface area (Å²) < 4.78 is 10.2. The zero-order valence-electron chi connectivity index (χ0n) is 11.3. The number of hydrogen-bond donors (Lipinski definition) is 0. The summed E-state index contributed by atoms with van der Waals surface area (Å²) >= 11 is 0. The van der Waals surface area contributed by atoms with Gasteiger partial charge in [-0.1, -0.05) is 0 Å². The average molecular weight is 265 g/mol. The summed E-state index contributed by atoms with van der Waals surface area (Å²) in [6.07, 6.45) is 5.41. The first-order valence-electron chi connectivity index (χ1n) is 6.51. The van der Waals surface area contributed by atoms with Crippen LogP contribution in [0.2, 0.25) is 0 Å². The van der Waals surface area contributed by atoms with Crippen molar-refractivity contribution in [3.8, 4) is 0 Å². The summed E-state index contributed by atoms with van der Waals surface area (Å²) in [6, 6.07) is 0. The lowest BCUT2D eigenvalue weighted by Gasteiger charge is -2.32. The Balaban J connectivity index is 1.94. The molecule has 1 aromatic rings. The van der Waals surface area contributed by atoms with Gasteiger partial charge in [-0.05, 0) is 19.8 Å². The van der Waals surface area contributed by atoms with Crippen LogP contribution < -0.4 is 4.90 Å². The lowest BCUT2D eigenvalue weighted by molar-refractivity contribution is 0.0458. The van der Waals surface area contributed by atoms with E-state index in [0.29, 0.717) is 6.10 Å². The first-order chi connectivity index (χ1) is 9.24. The number of hydrogen-bond acceptors (Lipinski definition) is 6. The highest BCUT2D eigenvalue weighted by Crippen LogP contribution is 2.18. The summed E-state index contributed by atoms with van der Waals surface area (Å²) in [4.78, 5) is 21.8. The lowest BCUT2D eigenvalue weighted by Crippen LogP contribution is -2.37. The Morgan fingerprint density at radius 2 is 2.11 bits per heavy atom. The third-order valence-electron chi connectivity index (χ3n) is 3.20. The predicted octanol–water partition coefficient (Wildman–Crippen LogP) is 1.27. The Bertz CT molecular complexity index is 414. The van der Waals surface area contributed by atoms with Gasteiger partial charge in [0.15, 0.2) is 5.69 Å². The van der Waals surface area contributed by atoms with Crippen LogP contribution in [0.5, 0.6) is 0 Å². The topological polar surface area (TPSA) is 64.5 Å². The maximum Gasteiger partial charge on any atom is 0.358 e. The van der Waals surface area contributed by atoms with Crippen LogP contribution in [-0.2, 0) is 9.47 Å². The fraction of sp³-hybridized carbons (Fsp3) is 0.615. The van der Waals surface area contributed by atoms with Crippen LogP contribution in [0.4, 0.5) is 5.82 Å². The van der Waals surface area contributed by atoms with Gasteiger partial charge in [0.05, 0.1) is 25.6 Å².